The molecule has 0 spiro atoms. The Kier molecular flexibility index (Phi) is 6.73. The number of ether oxygens (including phenoxy) is 1. The van der Waals surface area contributed by atoms with Gasteiger partial charge in [0.05, 0.1) is 12.6 Å². The summed E-state index contributed by atoms with van der Waals surface area (Å²) in [6, 6.07) is 19.2. The van der Waals surface area contributed by atoms with Crippen molar-refractivity contribution in [3.8, 4) is 0 Å². The molecule has 0 radical (unpaired) electrons. The number of rotatable bonds is 7. The lowest BCUT2D eigenvalue weighted by atomic mass is 9.95. The van der Waals surface area contributed by atoms with Crippen LogP contribution in [0.15, 0.2) is 60.7 Å². The number of benzene rings is 2. The van der Waals surface area contributed by atoms with Gasteiger partial charge in [-0.05, 0) is 11.1 Å². The number of aliphatic hydroxyl groups is 3. The molecule has 2 aromatic carbocycles. The highest BCUT2D eigenvalue weighted by Gasteiger charge is 2.43. The van der Waals surface area contributed by atoms with Crippen molar-refractivity contribution < 1.29 is 20.1 Å². The first-order valence-electron chi connectivity index (χ1n) is 8.86. The van der Waals surface area contributed by atoms with Crippen molar-refractivity contribution in [1.82, 2.24) is 10.6 Å². The summed E-state index contributed by atoms with van der Waals surface area (Å²) in [5.74, 6) is 0. The van der Waals surface area contributed by atoms with E-state index in [-0.39, 0.29) is 6.61 Å². The normalized spacial score (nSPS) is 28.8. The van der Waals surface area contributed by atoms with Crippen molar-refractivity contribution in [3.05, 3.63) is 71.8 Å². The SMILES string of the molecule is OC[C@H]1OC(NCc2ccccc2)[C@H](NCc2ccccc2)[C@@H](O)[C@@H]1O. The van der Waals surface area contributed by atoms with E-state index in [1.807, 2.05) is 60.7 Å². The number of aliphatic hydroxyl groups excluding tert-OH is 3. The van der Waals surface area contributed by atoms with E-state index in [2.05, 4.69) is 10.6 Å². The van der Waals surface area contributed by atoms with Gasteiger partial charge in [-0.15, -0.1) is 0 Å². The van der Waals surface area contributed by atoms with Gasteiger partial charge >= 0.3 is 0 Å². The molecule has 140 valence electrons. The van der Waals surface area contributed by atoms with Crippen LogP contribution in [0.2, 0.25) is 0 Å². The molecular formula is C20H26N2O4. The Morgan fingerprint density at radius 3 is 1.85 bits per heavy atom. The summed E-state index contributed by atoms with van der Waals surface area (Å²) in [4.78, 5) is 0. The fourth-order valence-electron chi connectivity index (χ4n) is 3.16. The van der Waals surface area contributed by atoms with Crippen LogP contribution in [0.4, 0.5) is 0 Å². The van der Waals surface area contributed by atoms with Crippen molar-refractivity contribution in [2.45, 2.75) is 43.7 Å². The lowest BCUT2D eigenvalue weighted by Gasteiger charge is -2.43. The molecule has 1 heterocycles. The van der Waals surface area contributed by atoms with Gasteiger partial charge in [0.1, 0.15) is 24.5 Å². The summed E-state index contributed by atoms with van der Waals surface area (Å²) < 4.78 is 5.81. The van der Waals surface area contributed by atoms with Crippen LogP contribution in [0.1, 0.15) is 11.1 Å². The minimum atomic E-state index is -1.15. The Hall–Kier alpha value is -1.80. The van der Waals surface area contributed by atoms with Crippen LogP contribution in [0.3, 0.4) is 0 Å². The van der Waals surface area contributed by atoms with E-state index in [4.69, 9.17) is 4.74 Å². The van der Waals surface area contributed by atoms with Gasteiger partial charge in [-0.2, -0.15) is 0 Å². The molecule has 26 heavy (non-hydrogen) atoms. The first-order chi connectivity index (χ1) is 12.7. The third-order valence-corrected chi connectivity index (χ3v) is 4.66. The van der Waals surface area contributed by atoms with Crippen molar-refractivity contribution in [2.24, 2.45) is 0 Å². The van der Waals surface area contributed by atoms with Gasteiger partial charge in [0.25, 0.3) is 0 Å². The van der Waals surface area contributed by atoms with Crippen molar-refractivity contribution >= 4 is 0 Å². The lowest BCUT2D eigenvalue weighted by Crippen LogP contribution is -2.66. The van der Waals surface area contributed by atoms with Crippen LogP contribution >= 0.6 is 0 Å². The molecule has 1 aliphatic rings. The second-order valence-corrected chi connectivity index (χ2v) is 6.52. The summed E-state index contributed by atoms with van der Waals surface area (Å²) >= 11 is 0. The lowest BCUT2D eigenvalue weighted by molar-refractivity contribution is -0.202. The molecule has 0 bridgehead atoms. The molecule has 6 heteroatoms. The minimum absolute atomic E-state index is 0.354. The van der Waals surface area contributed by atoms with Crippen molar-refractivity contribution in [3.63, 3.8) is 0 Å². The van der Waals surface area contributed by atoms with Gasteiger partial charge < -0.3 is 25.4 Å². The van der Waals surface area contributed by atoms with Crippen molar-refractivity contribution in [1.29, 1.82) is 0 Å². The standard InChI is InChI=1S/C20H26N2O4/c23-13-16-18(24)19(25)17(21-11-14-7-3-1-4-8-14)20(26-16)22-12-15-9-5-2-6-10-15/h1-10,16-25H,11-13H2/t16-,17-,18-,19-,20?/m1/s1. The average Bonchev–Trinajstić information content (AvgIpc) is 2.69. The largest absolute Gasteiger partial charge is 0.394 e. The Balaban J connectivity index is 1.68. The van der Waals surface area contributed by atoms with E-state index >= 15 is 0 Å². The molecule has 6 nitrogen and oxygen atoms in total. The quantitative estimate of drug-likeness (QED) is 0.491. The van der Waals surface area contributed by atoms with E-state index in [0.29, 0.717) is 13.1 Å². The monoisotopic (exact) mass is 358 g/mol. The molecule has 5 atom stereocenters. The Bertz CT molecular complexity index is 655. The van der Waals surface area contributed by atoms with Gasteiger partial charge in [0.15, 0.2) is 0 Å². The second kappa shape index (κ2) is 9.23. The highest BCUT2D eigenvalue weighted by atomic mass is 16.5. The highest BCUT2D eigenvalue weighted by Crippen LogP contribution is 2.21. The van der Waals surface area contributed by atoms with Crippen LogP contribution < -0.4 is 10.6 Å². The average molecular weight is 358 g/mol. The van der Waals surface area contributed by atoms with Gasteiger partial charge in [-0.3, -0.25) is 5.32 Å². The summed E-state index contributed by atoms with van der Waals surface area (Å²) in [5, 5.41) is 36.7. The molecule has 0 amide bonds. The molecule has 1 aliphatic heterocycles. The zero-order valence-electron chi connectivity index (χ0n) is 14.5. The van der Waals surface area contributed by atoms with E-state index < -0.39 is 30.6 Å². The predicted molar refractivity (Wildman–Crippen MR) is 98.1 cm³/mol. The van der Waals surface area contributed by atoms with Crippen LogP contribution in [0.5, 0.6) is 0 Å². The smallest absolute Gasteiger partial charge is 0.127 e. The first-order valence-corrected chi connectivity index (χ1v) is 8.86. The number of nitrogens with one attached hydrogen (secondary N) is 2. The third kappa shape index (κ3) is 4.67. The maximum absolute atomic E-state index is 10.5. The third-order valence-electron chi connectivity index (χ3n) is 4.66. The number of hydrogen-bond donors (Lipinski definition) is 5. The predicted octanol–water partition coefficient (Wildman–Crippen LogP) is 0.374. The first kappa shape index (κ1) is 19.0. The Morgan fingerprint density at radius 1 is 0.769 bits per heavy atom. The van der Waals surface area contributed by atoms with Gasteiger partial charge in [0, 0.05) is 13.1 Å². The van der Waals surface area contributed by atoms with E-state index in [1.54, 1.807) is 0 Å². The zero-order chi connectivity index (χ0) is 18.4. The van der Waals surface area contributed by atoms with Gasteiger partial charge in [0.2, 0.25) is 0 Å². The Labute approximate surface area is 153 Å². The second-order valence-electron chi connectivity index (χ2n) is 6.52. The maximum atomic E-state index is 10.5. The molecule has 1 fully saturated rings. The molecule has 1 unspecified atom stereocenters. The molecule has 1 saturated heterocycles. The molecule has 0 aliphatic carbocycles. The van der Waals surface area contributed by atoms with Crippen LogP contribution in [0, 0.1) is 0 Å². The Morgan fingerprint density at radius 2 is 1.31 bits per heavy atom. The molecule has 5 N–H and O–H groups in total. The van der Waals surface area contributed by atoms with Crippen molar-refractivity contribution in [2.75, 3.05) is 6.61 Å². The van der Waals surface area contributed by atoms with E-state index in [1.165, 1.54) is 0 Å². The number of hydrogen-bond acceptors (Lipinski definition) is 6. The highest BCUT2D eigenvalue weighted by molar-refractivity contribution is 5.16. The van der Waals surface area contributed by atoms with Crippen LogP contribution in [-0.4, -0.2) is 52.5 Å². The fraction of sp³-hybridized carbons (Fsp3) is 0.400. The maximum Gasteiger partial charge on any atom is 0.127 e. The molecule has 3 rings (SSSR count). The van der Waals surface area contributed by atoms with E-state index in [0.717, 1.165) is 11.1 Å². The molecule has 0 aromatic heterocycles. The van der Waals surface area contributed by atoms with E-state index in [9.17, 15) is 15.3 Å². The molecule has 2 aromatic rings. The van der Waals surface area contributed by atoms with Crippen LogP contribution in [0.25, 0.3) is 0 Å². The fourth-order valence-corrected chi connectivity index (χ4v) is 3.16. The summed E-state index contributed by atoms with van der Waals surface area (Å²) in [6.07, 6.45) is -3.58. The summed E-state index contributed by atoms with van der Waals surface area (Å²) in [6.45, 7) is 0.731. The van der Waals surface area contributed by atoms with Gasteiger partial charge in [-0.1, -0.05) is 60.7 Å². The minimum Gasteiger partial charge on any atom is -0.394 e. The zero-order valence-corrected chi connectivity index (χ0v) is 14.5. The molecule has 0 saturated carbocycles. The summed E-state index contributed by atoms with van der Waals surface area (Å²) in [5.41, 5.74) is 2.15. The topological polar surface area (TPSA) is 94.0 Å². The van der Waals surface area contributed by atoms with Crippen LogP contribution in [-0.2, 0) is 17.8 Å². The summed E-state index contributed by atoms with van der Waals surface area (Å²) in [7, 11) is 0. The van der Waals surface area contributed by atoms with Gasteiger partial charge in [-0.25, -0.2) is 0 Å². The molecular weight excluding hydrogens is 332 g/mol.